The molecule has 0 N–H and O–H groups in total. The lowest BCUT2D eigenvalue weighted by molar-refractivity contribution is 0.660. The van der Waals surface area contributed by atoms with Crippen LogP contribution in [0.3, 0.4) is 0 Å². The molecule has 0 saturated heterocycles. The highest BCUT2D eigenvalue weighted by molar-refractivity contribution is 6.34. The number of anilines is 3. The minimum Gasteiger partial charge on any atom is -0.455 e. The van der Waals surface area contributed by atoms with Crippen LogP contribution in [0.15, 0.2) is 173 Å². The summed E-state index contributed by atoms with van der Waals surface area (Å²) in [6.07, 6.45) is 0. The molecule has 0 atom stereocenters. The zero-order chi connectivity index (χ0) is 34.6. The second-order valence-corrected chi connectivity index (χ2v) is 14.5. The first-order valence-electron chi connectivity index (χ1n) is 17.9. The summed E-state index contributed by atoms with van der Waals surface area (Å²) in [6, 6.07) is 58.6. The molecule has 0 bridgehead atoms. The van der Waals surface area contributed by atoms with E-state index in [0.29, 0.717) is 0 Å². The summed E-state index contributed by atoms with van der Waals surface area (Å²) in [5, 5.41) is 6.48. The largest absolute Gasteiger partial charge is 0.455 e. The Bertz CT molecular complexity index is 3040. The molecule has 0 saturated carbocycles. The predicted molar refractivity (Wildman–Crippen MR) is 216 cm³/mol. The molecule has 0 unspecified atom stereocenters. The maximum atomic E-state index is 7.10. The molecule has 0 spiro atoms. The molecular weight excluding hydrogens is 635 g/mol. The van der Waals surface area contributed by atoms with Gasteiger partial charge in [-0.15, -0.1) is 0 Å². The number of benzene rings is 8. The maximum Gasteiger partial charge on any atom is 0.159 e. The van der Waals surface area contributed by atoms with E-state index in [1.807, 2.05) is 6.07 Å². The number of hydrogen-bond acceptors (Lipinski definition) is 3. The van der Waals surface area contributed by atoms with Crippen molar-refractivity contribution >= 4 is 71.7 Å². The summed E-state index contributed by atoms with van der Waals surface area (Å²) in [5.74, 6) is 0. The molecule has 11 rings (SSSR count). The van der Waals surface area contributed by atoms with Crippen molar-refractivity contribution in [3.8, 4) is 22.3 Å². The van der Waals surface area contributed by atoms with Gasteiger partial charge < -0.3 is 13.7 Å². The third kappa shape index (κ3) is 4.02. The Kier molecular flexibility index (Phi) is 6.01. The Morgan fingerprint density at radius 3 is 1.92 bits per heavy atom. The molecule has 2 aromatic heterocycles. The van der Waals surface area contributed by atoms with Crippen molar-refractivity contribution in [2.24, 2.45) is 0 Å². The van der Waals surface area contributed by atoms with Crippen LogP contribution in [0.1, 0.15) is 25.0 Å². The average Bonchev–Trinajstić information content (AvgIpc) is 3.85. The van der Waals surface area contributed by atoms with Crippen molar-refractivity contribution in [3.05, 3.63) is 175 Å². The summed E-state index contributed by atoms with van der Waals surface area (Å²) in [5.41, 5.74) is 14.0. The fraction of sp³-hybridized carbons (Fsp3) is 0.0612. The zero-order valence-corrected chi connectivity index (χ0v) is 28.9. The Morgan fingerprint density at radius 1 is 0.423 bits per heavy atom. The molecule has 1 aliphatic rings. The number of nitrogens with zero attached hydrogens (tertiary/aromatic N) is 1. The lowest BCUT2D eigenvalue weighted by Gasteiger charge is -2.28. The number of hydrogen-bond donors (Lipinski definition) is 0. The van der Waals surface area contributed by atoms with Gasteiger partial charge in [0.05, 0.1) is 11.1 Å². The van der Waals surface area contributed by atoms with Crippen molar-refractivity contribution in [2.75, 3.05) is 4.90 Å². The zero-order valence-electron chi connectivity index (χ0n) is 28.9. The molecule has 2 heterocycles. The normalized spacial score (nSPS) is 13.3. The molecule has 1 aliphatic carbocycles. The monoisotopic (exact) mass is 667 g/mol. The first-order valence-corrected chi connectivity index (χ1v) is 17.9. The Balaban J connectivity index is 1.19. The molecule has 0 amide bonds. The molecule has 0 fully saturated rings. The van der Waals surface area contributed by atoms with E-state index in [9.17, 15) is 0 Å². The van der Waals surface area contributed by atoms with Crippen LogP contribution in [0.4, 0.5) is 17.1 Å². The fourth-order valence-corrected chi connectivity index (χ4v) is 8.78. The quantitative estimate of drug-likeness (QED) is 0.187. The van der Waals surface area contributed by atoms with Crippen LogP contribution in [-0.2, 0) is 5.41 Å². The molecule has 3 nitrogen and oxygen atoms in total. The molecule has 10 aromatic rings. The Morgan fingerprint density at radius 2 is 1.08 bits per heavy atom. The summed E-state index contributed by atoms with van der Waals surface area (Å²) < 4.78 is 13.8. The summed E-state index contributed by atoms with van der Waals surface area (Å²) in [7, 11) is 0. The first-order chi connectivity index (χ1) is 25.6. The summed E-state index contributed by atoms with van der Waals surface area (Å²) in [6.45, 7) is 4.67. The van der Waals surface area contributed by atoms with Crippen LogP contribution in [-0.4, -0.2) is 0 Å². The number of fused-ring (bicyclic) bond motifs is 13. The Labute approximate surface area is 301 Å². The lowest BCUT2D eigenvalue weighted by atomic mass is 9.82. The van der Waals surface area contributed by atoms with E-state index >= 15 is 0 Å². The highest BCUT2D eigenvalue weighted by atomic mass is 16.3. The van der Waals surface area contributed by atoms with Gasteiger partial charge in [-0.3, -0.25) is 0 Å². The minimum absolute atomic E-state index is 0.137. The van der Waals surface area contributed by atoms with Crippen LogP contribution >= 0.6 is 0 Å². The third-order valence-electron chi connectivity index (χ3n) is 11.3. The average molecular weight is 668 g/mol. The van der Waals surface area contributed by atoms with Crippen LogP contribution in [0.2, 0.25) is 0 Å². The standard InChI is InChI=1S/C49H33NO2/c1-49(2)40-20-10-8-15-34(40)35-28-27-33(29-41(35)49)50(32-25-23-31(24-26-32)30-13-4-3-5-14-30)42-21-12-19-39-45-47(52-46(39)42)37-17-7-6-16-36(37)44-38-18-9-11-22-43(38)51-48(44)45/h3-29H,1-2H3. The van der Waals surface area contributed by atoms with Crippen LogP contribution in [0, 0.1) is 0 Å². The van der Waals surface area contributed by atoms with E-state index in [1.54, 1.807) is 0 Å². The highest BCUT2D eigenvalue weighted by Gasteiger charge is 2.36. The van der Waals surface area contributed by atoms with Crippen LogP contribution in [0.25, 0.3) is 76.9 Å². The van der Waals surface area contributed by atoms with Gasteiger partial charge in [0.1, 0.15) is 16.7 Å². The fourth-order valence-electron chi connectivity index (χ4n) is 8.78. The van der Waals surface area contributed by atoms with Crippen molar-refractivity contribution in [1.29, 1.82) is 0 Å². The molecular formula is C49H33NO2. The van der Waals surface area contributed by atoms with E-state index in [1.165, 1.54) is 33.4 Å². The van der Waals surface area contributed by atoms with Gasteiger partial charge >= 0.3 is 0 Å². The van der Waals surface area contributed by atoms with Gasteiger partial charge in [0.25, 0.3) is 0 Å². The first kappa shape index (κ1) is 29.2. The van der Waals surface area contributed by atoms with Crippen molar-refractivity contribution in [2.45, 2.75) is 19.3 Å². The van der Waals surface area contributed by atoms with Gasteiger partial charge in [0, 0.05) is 38.3 Å². The minimum atomic E-state index is -0.137. The number of furan rings is 2. The molecule has 0 aliphatic heterocycles. The van der Waals surface area contributed by atoms with Gasteiger partial charge in [-0.05, 0) is 75.2 Å². The molecule has 52 heavy (non-hydrogen) atoms. The van der Waals surface area contributed by atoms with Crippen molar-refractivity contribution < 1.29 is 8.83 Å². The smallest absolute Gasteiger partial charge is 0.159 e. The van der Waals surface area contributed by atoms with E-state index in [-0.39, 0.29) is 5.41 Å². The molecule has 3 heteroatoms. The van der Waals surface area contributed by atoms with Crippen molar-refractivity contribution in [1.82, 2.24) is 0 Å². The van der Waals surface area contributed by atoms with E-state index in [2.05, 4.69) is 176 Å². The summed E-state index contributed by atoms with van der Waals surface area (Å²) >= 11 is 0. The molecule has 246 valence electrons. The maximum absolute atomic E-state index is 7.10. The van der Waals surface area contributed by atoms with Crippen LogP contribution in [0.5, 0.6) is 0 Å². The van der Waals surface area contributed by atoms with Gasteiger partial charge in [-0.25, -0.2) is 0 Å². The van der Waals surface area contributed by atoms with E-state index < -0.39 is 0 Å². The Hall–Kier alpha value is -6.58. The number of rotatable bonds is 4. The topological polar surface area (TPSA) is 29.5 Å². The van der Waals surface area contributed by atoms with Crippen LogP contribution < -0.4 is 4.90 Å². The second kappa shape index (κ2) is 10.7. The lowest BCUT2D eigenvalue weighted by Crippen LogP contribution is -2.16. The third-order valence-corrected chi connectivity index (χ3v) is 11.3. The second-order valence-electron chi connectivity index (χ2n) is 14.5. The molecule has 8 aromatic carbocycles. The molecule has 0 radical (unpaired) electrons. The highest BCUT2D eigenvalue weighted by Crippen LogP contribution is 2.52. The van der Waals surface area contributed by atoms with Gasteiger partial charge in [0.15, 0.2) is 5.58 Å². The SMILES string of the molecule is CC1(C)c2ccccc2-c2ccc(N(c3ccc(-c4ccccc4)cc3)c3cccc4c3oc3c5ccccc5c5c6ccccc6oc5c43)cc21. The van der Waals surface area contributed by atoms with Gasteiger partial charge in [-0.2, -0.15) is 0 Å². The van der Waals surface area contributed by atoms with Gasteiger partial charge in [0.2, 0.25) is 0 Å². The van der Waals surface area contributed by atoms with E-state index in [0.717, 1.165) is 71.7 Å². The predicted octanol–water partition coefficient (Wildman–Crippen LogP) is 14.1. The number of para-hydroxylation sites is 2. The van der Waals surface area contributed by atoms with Gasteiger partial charge in [-0.1, -0.05) is 141 Å². The van der Waals surface area contributed by atoms with E-state index in [4.69, 9.17) is 8.83 Å². The van der Waals surface area contributed by atoms with Crippen molar-refractivity contribution in [3.63, 3.8) is 0 Å². The summed E-state index contributed by atoms with van der Waals surface area (Å²) in [4.78, 5) is 2.36.